The van der Waals surface area contributed by atoms with Crippen LogP contribution in [0.3, 0.4) is 0 Å². The number of rotatable bonds is 3. The molecule has 2 aromatic rings. The molecule has 2 aromatic heterocycles. The molecule has 0 saturated heterocycles. The van der Waals surface area contributed by atoms with Gasteiger partial charge in [-0.15, -0.1) is 0 Å². The molecule has 0 unspecified atom stereocenters. The molecular formula is C11H11BrF3N5. The van der Waals surface area contributed by atoms with Gasteiger partial charge in [-0.3, -0.25) is 4.68 Å². The topological polar surface area (TPSA) is 68.8 Å². The quantitative estimate of drug-likeness (QED) is 0.893. The van der Waals surface area contributed by atoms with Crippen LogP contribution >= 0.6 is 15.9 Å². The summed E-state index contributed by atoms with van der Waals surface area (Å²) in [5, 5.41) is 6.55. The molecule has 0 aliphatic heterocycles. The maximum absolute atomic E-state index is 12.9. The fraction of sp³-hybridized carbons (Fsp3) is 0.273. The highest BCUT2D eigenvalue weighted by molar-refractivity contribution is 9.10. The molecule has 0 aliphatic rings. The largest absolute Gasteiger partial charge is 0.419 e. The van der Waals surface area contributed by atoms with Gasteiger partial charge >= 0.3 is 6.18 Å². The Bertz CT molecular complexity index is 623. The lowest BCUT2D eigenvalue weighted by atomic mass is 10.2. The van der Waals surface area contributed by atoms with Gasteiger partial charge in [-0.25, -0.2) is 4.98 Å². The smallest absolute Gasteiger partial charge is 0.384 e. The van der Waals surface area contributed by atoms with E-state index in [1.165, 1.54) is 17.1 Å². The lowest BCUT2D eigenvalue weighted by molar-refractivity contribution is -0.137. The number of nitrogens with one attached hydrogen (secondary N) is 1. The summed E-state index contributed by atoms with van der Waals surface area (Å²) in [6, 6.07) is 0.974. The Kier molecular flexibility index (Phi) is 3.89. The summed E-state index contributed by atoms with van der Waals surface area (Å²) in [4.78, 5) is 3.75. The van der Waals surface area contributed by atoms with Crippen LogP contribution in [-0.2, 0) is 19.8 Å². The van der Waals surface area contributed by atoms with Gasteiger partial charge in [0.05, 0.1) is 11.8 Å². The lowest BCUT2D eigenvalue weighted by Crippen LogP contribution is -2.13. The van der Waals surface area contributed by atoms with Crippen LogP contribution in [-0.4, -0.2) is 14.8 Å². The van der Waals surface area contributed by atoms with E-state index in [1.54, 1.807) is 7.05 Å². The van der Waals surface area contributed by atoms with E-state index in [0.29, 0.717) is 11.4 Å². The predicted octanol–water partition coefficient (Wildman–Crippen LogP) is 2.79. The molecule has 0 radical (unpaired) electrons. The van der Waals surface area contributed by atoms with Crippen LogP contribution in [0.2, 0.25) is 0 Å². The summed E-state index contributed by atoms with van der Waals surface area (Å²) in [5.74, 6) is 0.145. The molecule has 0 amide bonds. The van der Waals surface area contributed by atoms with Crippen LogP contribution in [0.5, 0.6) is 0 Å². The molecule has 3 N–H and O–H groups in total. The Labute approximate surface area is 121 Å². The van der Waals surface area contributed by atoms with Crippen molar-refractivity contribution in [3.63, 3.8) is 0 Å². The van der Waals surface area contributed by atoms with Crippen molar-refractivity contribution in [2.75, 3.05) is 11.1 Å². The average molecular weight is 350 g/mol. The molecule has 0 bridgehead atoms. The second-order valence-electron chi connectivity index (χ2n) is 4.08. The molecule has 0 spiro atoms. The van der Waals surface area contributed by atoms with Crippen molar-refractivity contribution in [1.29, 1.82) is 0 Å². The van der Waals surface area contributed by atoms with E-state index in [1.807, 2.05) is 0 Å². The number of alkyl halides is 3. The summed E-state index contributed by atoms with van der Waals surface area (Å²) in [5.41, 5.74) is 5.49. The lowest BCUT2D eigenvalue weighted by Gasteiger charge is -2.13. The van der Waals surface area contributed by atoms with E-state index in [9.17, 15) is 13.2 Å². The van der Waals surface area contributed by atoms with E-state index in [2.05, 4.69) is 31.3 Å². The molecular weight excluding hydrogens is 339 g/mol. The Morgan fingerprint density at radius 2 is 2.10 bits per heavy atom. The number of nitrogen functional groups attached to an aromatic ring is 1. The molecule has 0 fully saturated rings. The fourth-order valence-corrected chi connectivity index (χ4v) is 1.94. The van der Waals surface area contributed by atoms with Crippen molar-refractivity contribution in [2.24, 2.45) is 7.05 Å². The second-order valence-corrected chi connectivity index (χ2v) is 5.00. The minimum absolute atomic E-state index is 0.109. The first-order valence-corrected chi connectivity index (χ1v) is 6.31. The summed E-state index contributed by atoms with van der Waals surface area (Å²) in [7, 11) is 1.65. The summed E-state index contributed by atoms with van der Waals surface area (Å²) < 4.78 is 40.4. The Balaban J connectivity index is 2.24. The SMILES string of the molecule is Cn1ncc(CNc2ncc(Br)cc2C(F)(F)F)c1N. The number of anilines is 2. The van der Waals surface area contributed by atoms with Crippen LogP contribution in [0.4, 0.5) is 24.8 Å². The number of aromatic nitrogens is 3. The number of pyridine rings is 1. The van der Waals surface area contributed by atoms with Gasteiger partial charge in [0.1, 0.15) is 11.6 Å². The molecule has 0 aliphatic carbocycles. The van der Waals surface area contributed by atoms with E-state index < -0.39 is 11.7 Å². The Morgan fingerprint density at radius 1 is 1.40 bits per heavy atom. The van der Waals surface area contributed by atoms with Crippen molar-refractivity contribution in [1.82, 2.24) is 14.8 Å². The molecule has 2 rings (SSSR count). The predicted molar refractivity (Wildman–Crippen MR) is 71.9 cm³/mol. The van der Waals surface area contributed by atoms with Crippen LogP contribution in [0.1, 0.15) is 11.1 Å². The van der Waals surface area contributed by atoms with Crippen molar-refractivity contribution in [3.8, 4) is 0 Å². The highest BCUT2D eigenvalue weighted by atomic mass is 79.9. The standard InChI is InChI=1S/C11H11BrF3N5/c1-20-9(16)6(4-19-20)3-17-10-8(11(13,14)15)2-7(12)5-18-10/h2,4-5H,3,16H2,1H3,(H,17,18). The Morgan fingerprint density at radius 3 is 2.65 bits per heavy atom. The Hall–Kier alpha value is -1.77. The molecule has 2 heterocycles. The monoisotopic (exact) mass is 349 g/mol. The van der Waals surface area contributed by atoms with Gasteiger partial charge in [-0.1, -0.05) is 0 Å². The molecule has 20 heavy (non-hydrogen) atoms. The van der Waals surface area contributed by atoms with Crippen molar-refractivity contribution >= 4 is 27.6 Å². The molecule has 5 nitrogen and oxygen atoms in total. The van der Waals surface area contributed by atoms with Crippen molar-refractivity contribution in [2.45, 2.75) is 12.7 Å². The highest BCUT2D eigenvalue weighted by Crippen LogP contribution is 2.35. The van der Waals surface area contributed by atoms with Gasteiger partial charge in [0, 0.05) is 29.8 Å². The number of hydrogen-bond donors (Lipinski definition) is 2. The normalized spacial score (nSPS) is 11.7. The number of halogens is 4. The first-order valence-electron chi connectivity index (χ1n) is 5.52. The molecule has 0 atom stereocenters. The molecule has 108 valence electrons. The number of nitrogens with two attached hydrogens (primary N) is 1. The van der Waals surface area contributed by atoms with Crippen molar-refractivity contribution in [3.05, 3.63) is 34.1 Å². The number of nitrogens with zero attached hydrogens (tertiary/aromatic N) is 3. The molecule has 9 heteroatoms. The van der Waals surface area contributed by atoms with Gasteiger partial charge in [0.2, 0.25) is 0 Å². The summed E-state index contributed by atoms with van der Waals surface area (Å²) in [6.45, 7) is 0.109. The van der Waals surface area contributed by atoms with E-state index >= 15 is 0 Å². The first kappa shape index (κ1) is 14.6. The minimum atomic E-state index is -4.49. The van der Waals surface area contributed by atoms with Crippen LogP contribution in [0.15, 0.2) is 22.9 Å². The van der Waals surface area contributed by atoms with Gasteiger partial charge in [-0.05, 0) is 22.0 Å². The maximum atomic E-state index is 12.9. The third-order valence-corrected chi connectivity index (χ3v) is 3.10. The highest BCUT2D eigenvalue weighted by Gasteiger charge is 2.34. The third kappa shape index (κ3) is 3.03. The van der Waals surface area contributed by atoms with Gasteiger partial charge < -0.3 is 11.1 Å². The van der Waals surface area contributed by atoms with E-state index in [4.69, 9.17) is 5.73 Å². The maximum Gasteiger partial charge on any atom is 0.419 e. The number of aryl methyl sites for hydroxylation is 1. The number of hydrogen-bond acceptors (Lipinski definition) is 4. The summed E-state index contributed by atoms with van der Waals surface area (Å²) in [6.07, 6.45) is -1.70. The fourth-order valence-electron chi connectivity index (χ4n) is 1.60. The van der Waals surface area contributed by atoms with Crippen LogP contribution in [0, 0.1) is 0 Å². The zero-order chi connectivity index (χ0) is 14.9. The zero-order valence-electron chi connectivity index (χ0n) is 10.4. The molecule has 0 saturated carbocycles. The first-order chi connectivity index (χ1) is 9.29. The van der Waals surface area contributed by atoms with Gasteiger partial charge in [-0.2, -0.15) is 18.3 Å². The summed E-state index contributed by atoms with van der Waals surface area (Å²) >= 11 is 2.98. The van der Waals surface area contributed by atoms with Crippen molar-refractivity contribution < 1.29 is 13.2 Å². The zero-order valence-corrected chi connectivity index (χ0v) is 12.0. The van der Waals surface area contributed by atoms with Gasteiger partial charge in [0.25, 0.3) is 0 Å². The van der Waals surface area contributed by atoms with Gasteiger partial charge in [0.15, 0.2) is 0 Å². The van der Waals surface area contributed by atoms with Crippen LogP contribution in [0.25, 0.3) is 0 Å². The van der Waals surface area contributed by atoms with E-state index in [-0.39, 0.29) is 16.8 Å². The third-order valence-electron chi connectivity index (χ3n) is 2.67. The second kappa shape index (κ2) is 5.31. The van der Waals surface area contributed by atoms with Crippen LogP contribution < -0.4 is 11.1 Å². The molecule has 0 aromatic carbocycles. The average Bonchev–Trinajstić information content (AvgIpc) is 2.67. The van der Waals surface area contributed by atoms with E-state index in [0.717, 1.165) is 6.07 Å². The minimum Gasteiger partial charge on any atom is -0.384 e.